The molecule has 1 atom stereocenters. The Morgan fingerprint density at radius 2 is 1.71 bits per heavy atom. The van der Waals surface area contributed by atoms with Gasteiger partial charge in [-0.1, -0.05) is 83.2 Å². The number of aryl methyl sites for hydroxylation is 1. The fourth-order valence-corrected chi connectivity index (χ4v) is 7.17. The van der Waals surface area contributed by atoms with Crippen molar-refractivity contribution < 1.29 is 18.0 Å². The van der Waals surface area contributed by atoms with E-state index in [4.69, 9.17) is 11.6 Å². The van der Waals surface area contributed by atoms with E-state index < -0.39 is 28.5 Å². The Labute approximate surface area is 256 Å². The van der Waals surface area contributed by atoms with Crippen LogP contribution in [0, 0.1) is 6.92 Å². The van der Waals surface area contributed by atoms with Crippen LogP contribution in [0.5, 0.6) is 0 Å². The van der Waals surface area contributed by atoms with Gasteiger partial charge in [-0.3, -0.25) is 13.9 Å². The highest BCUT2D eigenvalue weighted by Gasteiger charge is 2.33. The molecule has 218 valence electrons. The molecule has 7 nitrogen and oxygen atoms in total. The molecule has 3 aromatic carbocycles. The topological polar surface area (TPSA) is 86.8 Å². The number of sulfonamides is 1. The molecule has 3 aromatic rings. The van der Waals surface area contributed by atoms with Crippen LogP contribution >= 0.6 is 27.5 Å². The van der Waals surface area contributed by atoms with E-state index in [9.17, 15) is 18.0 Å². The van der Waals surface area contributed by atoms with E-state index in [2.05, 4.69) is 21.2 Å². The normalized spacial score (nSPS) is 14.7. The molecular weight excluding hydrogens is 626 g/mol. The van der Waals surface area contributed by atoms with E-state index in [1.54, 1.807) is 50.2 Å². The lowest BCUT2D eigenvalue weighted by Crippen LogP contribution is -2.53. The van der Waals surface area contributed by atoms with Crippen LogP contribution < -0.4 is 9.62 Å². The van der Waals surface area contributed by atoms with Gasteiger partial charge in [-0.15, -0.1) is 0 Å². The molecular formula is C31H35BrClN3O4S. The van der Waals surface area contributed by atoms with Crippen LogP contribution in [0.15, 0.2) is 82.2 Å². The number of carbonyl (C=O) groups excluding carboxylic acids is 2. The van der Waals surface area contributed by atoms with Gasteiger partial charge in [0.05, 0.1) is 10.6 Å². The van der Waals surface area contributed by atoms with Gasteiger partial charge in [0.1, 0.15) is 12.6 Å². The molecule has 0 aromatic heterocycles. The number of benzene rings is 3. The lowest BCUT2D eigenvalue weighted by molar-refractivity contribution is -0.139. The van der Waals surface area contributed by atoms with Gasteiger partial charge in [0.25, 0.3) is 10.0 Å². The second kappa shape index (κ2) is 13.9. The van der Waals surface area contributed by atoms with Gasteiger partial charge >= 0.3 is 0 Å². The minimum Gasteiger partial charge on any atom is -0.352 e. The second-order valence-corrected chi connectivity index (χ2v) is 13.6. The van der Waals surface area contributed by atoms with Crippen molar-refractivity contribution in [3.05, 3.63) is 93.4 Å². The largest absolute Gasteiger partial charge is 0.352 e. The smallest absolute Gasteiger partial charge is 0.264 e. The van der Waals surface area contributed by atoms with Crippen molar-refractivity contribution in [2.75, 3.05) is 10.8 Å². The number of hydrogen-bond donors (Lipinski definition) is 1. The highest BCUT2D eigenvalue weighted by atomic mass is 79.9. The molecule has 1 saturated carbocycles. The molecule has 10 heteroatoms. The first kappa shape index (κ1) is 31.1. The molecule has 1 fully saturated rings. The Balaban J connectivity index is 1.70. The van der Waals surface area contributed by atoms with Gasteiger partial charge in [0.15, 0.2) is 0 Å². The maximum absolute atomic E-state index is 14.1. The molecule has 2 amide bonds. The fraction of sp³-hybridized carbons (Fsp3) is 0.355. The highest BCUT2D eigenvalue weighted by Crippen LogP contribution is 2.30. The predicted molar refractivity (Wildman–Crippen MR) is 166 cm³/mol. The number of hydrogen-bond acceptors (Lipinski definition) is 4. The number of nitrogens with one attached hydrogen (secondary N) is 1. The van der Waals surface area contributed by atoms with Crippen molar-refractivity contribution in [2.24, 2.45) is 0 Å². The standard InChI is InChI=1S/C31H35BrClN3O4S/c1-22-16-17-26(33)19-29(22)36(41(39,40)28-14-7-4-8-15-28)21-30(37)35(20-24-10-9-11-25(32)18-24)23(2)31(38)34-27-12-5-3-6-13-27/h4,7-11,14-19,23,27H,3,5-6,12-13,20-21H2,1-2H3,(H,34,38)/t23-/m1/s1. The molecule has 1 aliphatic carbocycles. The van der Waals surface area contributed by atoms with Gasteiger partial charge < -0.3 is 10.2 Å². The zero-order valence-corrected chi connectivity index (χ0v) is 26.4. The summed E-state index contributed by atoms with van der Waals surface area (Å²) in [6.45, 7) is 3.08. The van der Waals surface area contributed by atoms with Crippen molar-refractivity contribution in [1.82, 2.24) is 10.2 Å². The number of nitrogens with zero attached hydrogens (tertiary/aromatic N) is 2. The van der Waals surface area contributed by atoms with Crippen molar-refractivity contribution in [3.8, 4) is 0 Å². The number of rotatable bonds is 10. The summed E-state index contributed by atoms with van der Waals surface area (Å²) in [5.41, 5.74) is 1.75. The van der Waals surface area contributed by atoms with E-state index >= 15 is 0 Å². The SMILES string of the molecule is Cc1ccc(Cl)cc1N(CC(=O)N(Cc1cccc(Br)c1)[C@H](C)C(=O)NC1CCCCC1)S(=O)(=O)c1ccccc1. The van der Waals surface area contributed by atoms with Crippen molar-refractivity contribution >= 4 is 55.1 Å². The molecule has 0 bridgehead atoms. The van der Waals surface area contributed by atoms with Gasteiger partial charge in [0.2, 0.25) is 11.8 Å². The first-order valence-corrected chi connectivity index (χ1v) is 16.4. The maximum Gasteiger partial charge on any atom is 0.264 e. The number of carbonyl (C=O) groups is 2. The zero-order valence-electron chi connectivity index (χ0n) is 23.2. The number of amides is 2. The minimum atomic E-state index is -4.15. The summed E-state index contributed by atoms with van der Waals surface area (Å²) >= 11 is 9.76. The third-order valence-electron chi connectivity index (χ3n) is 7.41. The van der Waals surface area contributed by atoms with Crippen LogP contribution in [-0.2, 0) is 26.2 Å². The monoisotopic (exact) mass is 659 g/mol. The summed E-state index contributed by atoms with van der Waals surface area (Å²) in [5.74, 6) is -0.758. The summed E-state index contributed by atoms with van der Waals surface area (Å²) in [5, 5.41) is 3.46. The van der Waals surface area contributed by atoms with Crippen molar-refractivity contribution in [1.29, 1.82) is 0 Å². The number of halogens is 2. The van der Waals surface area contributed by atoms with Crippen LogP contribution in [-0.4, -0.2) is 43.8 Å². The van der Waals surface area contributed by atoms with Crippen LogP contribution in [0.4, 0.5) is 5.69 Å². The summed E-state index contributed by atoms with van der Waals surface area (Å²) in [6.07, 6.45) is 5.10. The average Bonchev–Trinajstić information content (AvgIpc) is 2.96. The summed E-state index contributed by atoms with van der Waals surface area (Å²) in [7, 11) is -4.15. The Hall–Kier alpha value is -2.88. The third-order valence-corrected chi connectivity index (χ3v) is 9.91. The Morgan fingerprint density at radius 3 is 2.39 bits per heavy atom. The Bertz CT molecular complexity index is 1480. The Kier molecular flexibility index (Phi) is 10.5. The third kappa shape index (κ3) is 7.90. The predicted octanol–water partition coefficient (Wildman–Crippen LogP) is 6.47. The molecule has 1 aliphatic rings. The molecule has 0 aliphatic heterocycles. The Morgan fingerprint density at radius 1 is 1.00 bits per heavy atom. The van der Waals surface area contributed by atoms with E-state index in [1.807, 2.05) is 24.3 Å². The first-order valence-electron chi connectivity index (χ1n) is 13.7. The molecule has 0 unspecified atom stereocenters. The molecule has 0 spiro atoms. The van der Waals surface area contributed by atoms with E-state index in [1.165, 1.54) is 17.0 Å². The molecule has 0 heterocycles. The van der Waals surface area contributed by atoms with Gasteiger partial charge in [-0.25, -0.2) is 8.42 Å². The molecule has 1 N–H and O–H groups in total. The van der Waals surface area contributed by atoms with Gasteiger partial charge in [0, 0.05) is 22.1 Å². The van der Waals surface area contributed by atoms with Crippen LogP contribution in [0.2, 0.25) is 5.02 Å². The highest BCUT2D eigenvalue weighted by molar-refractivity contribution is 9.10. The van der Waals surface area contributed by atoms with Gasteiger partial charge in [-0.2, -0.15) is 0 Å². The first-order chi connectivity index (χ1) is 19.6. The summed E-state index contributed by atoms with van der Waals surface area (Å²) in [4.78, 5) is 29.0. The quantitative estimate of drug-likeness (QED) is 0.270. The van der Waals surface area contributed by atoms with Crippen LogP contribution in [0.3, 0.4) is 0 Å². The molecule has 41 heavy (non-hydrogen) atoms. The van der Waals surface area contributed by atoms with Crippen LogP contribution in [0.1, 0.15) is 50.2 Å². The summed E-state index contributed by atoms with van der Waals surface area (Å²) in [6, 6.07) is 19.7. The average molecular weight is 661 g/mol. The van der Waals surface area contributed by atoms with E-state index in [-0.39, 0.29) is 23.4 Å². The maximum atomic E-state index is 14.1. The number of anilines is 1. The van der Waals surface area contributed by atoms with Crippen molar-refractivity contribution in [3.63, 3.8) is 0 Å². The second-order valence-electron chi connectivity index (χ2n) is 10.4. The molecule has 0 saturated heterocycles. The summed E-state index contributed by atoms with van der Waals surface area (Å²) < 4.78 is 29.8. The lowest BCUT2D eigenvalue weighted by atomic mass is 9.95. The van der Waals surface area contributed by atoms with Crippen LogP contribution in [0.25, 0.3) is 0 Å². The lowest BCUT2D eigenvalue weighted by Gasteiger charge is -2.33. The molecule has 4 rings (SSSR count). The van der Waals surface area contributed by atoms with Gasteiger partial charge in [-0.05, 0) is 74.2 Å². The zero-order chi connectivity index (χ0) is 29.6. The fourth-order valence-electron chi connectivity index (χ4n) is 5.07. The molecule has 0 radical (unpaired) electrons. The van der Waals surface area contributed by atoms with Crippen molar-refractivity contribution in [2.45, 2.75) is 69.5 Å². The van der Waals surface area contributed by atoms with E-state index in [0.29, 0.717) is 16.3 Å². The van der Waals surface area contributed by atoms with E-state index in [0.717, 1.165) is 46.4 Å². The minimum absolute atomic E-state index is 0.0498.